The maximum Gasteiger partial charge on any atom is 0.330 e. The summed E-state index contributed by atoms with van der Waals surface area (Å²) >= 11 is 0. The fourth-order valence-corrected chi connectivity index (χ4v) is 1.68. The summed E-state index contributed by atoms with van der Waals surface area (Å²) in [5.41, 5.74) is -2.53. The van der Waals surface area contributed by atoms with Crippen molar-refractivity contribution < 1.29 is 28.6 Å². The summed E-state index contributed by atoms with van der Waals surface area (Å²) in [6.45, 7) is -4.34. The Kier molecular flexibility index (Phi) is 2.62. The molecule has 1 aliphatic heterocycles. The number of hydrogen-bond donors (Lipinski definition) is 4. The number of nitrogens with zero attached hydrogens (tertiary/aromatic N) is 1. The van der Waals surface area contributed by atoms with Crippen molar-refractivity contribution in [1.29, 1.82) is 0 Å². The Morgan fingerprint density at radius 1 is 1.68 bits per heavy atom. The summed E-state index contributed by atoms with van der Waals surface area (Å²) < 4.78 is 40.9. The topological polar surface area (TPSA) is 125 Å². The minimum atomic E-state index is -3.54. The third-order valence-electron chi connectivity index (χ3n) is 2.60. The molecule has 0 aliphatic carbocycles. The van der Waals surface area contributed by atoms with E-state index in [4.69, 9.17) is 14.3 Å². The van der Waals surface area contributed by atoms with Gasteiger partial charge in [0, 0.05) is 12.6 Å². The first-order valence-corrected chi connectivity index (χ1v) is 5.20. The van der Waals surface area contributed by atoms with E-state index < -0.39 is 49.0 Å². The molecule has 0 radical (unpaired) electrons. The van der Waals surface area contributed by atoms with Gasteiger partial charge in [0.25, 0.3) is 5.56 Å². The lowest BCUT2D eigenvalue weighted by atomic mass is 10.2. The van der Waals surface area contributed by atoms with Crippen molar-refractivity contribution in [2.45, 2.75) is 31.2 Å². The highest BCUT2D eigenvalue weighted by atomic mass is 19.2. The van der Waals surface area contributed by atoms with Crippen molar-refractivity contribution in [3.63, 3.8) is 0 Å². The summed E-state index contributed by atoms with van der Waals surface area (Å²) in [6.07, 6.45) is -5.30. The van der Waals surface area contributed by atoms with Gasteiger partial charge in [0.2, 0.25) is 5.85 Å². The van der Waals surface area contributed by atoms with Gasteiger partial charge in [-0.15, -0.1) is 0 Å². The SMILES string of the molecule is [2H]C([2H])(O)[C@]1(F)C[C@@H](O)[C@]([2H])(n2cc(CO)c(=O)[nH]c2=O)O1. The molecule has 106 valence electrons. The Balaban J connectivity index is 2.57. The van der Waals surface area contributed by atoms with Gasteiger partial charge in [0.15, 0.2) is 6.20 Å². The first-order chi connectivity index (χ1) is 9.94. The number of aromatic amines is 1. The van der Waals surface area contributed by atoms with Crippen LogP contribution in [-0.4, -0.2) is 43.4 Å². The lowest BCUT2D eigenvalue weighted by Crippen LogP contribution is -2.37. The molecule has 1 aliphatic rings. The second kappa shape index (κ2) is 4.85. The molecule has 0 aromatic carbocycles. The van der Waals surface area contributed by atoms with Crippen LogP contribution >= 0.6 is 0 Å². The van der Waals surface area contributed by atoms with E-state index in [1.165, 1.54) is 0 Å². The Morgan fingerprint density at radius 3 is 2.89 bits per heavy atom. The molecule has 1 saturated heterocycles. The fraction of sp³-hybridized carbons (Fsp3) is 0.600. The third-order valence-corrected chi connectivity index (χ3v) is 2.60. The number of ether oxygens (including phenoxy) is 1. The van der Waals surface area contributed by atoms with Gasteiger partial charge in [-0.2, -0.15) is 0 Å². The molecule has 0 unspecified atom stereocenters. The predicted octanol–water partition coefficient (Wildman–Crippen LogP) is -2.03. The number of halogens is 1. The Labute approximate surface area is 109 Å². The van der Waals surface area contributed by atoms with Gasteiger partial charge in [-0.3, -0.25) is 14.3 Å². The molecule has 9 heteroatoms. The number of aliphatic hydroxyl groups is 3. The molecule has 1 fully saturated rings. The Bertz CT molecular complexity index is 703. The molecular formula is C10H13FN2O6. The van der Waals surface area contributed by atoms with Gasteiger partial charge in [0.05, 0.1) is 16.3 Å². The third kappa shape index (κ3) is 2.45. The van der Waals surface area contributed by atoms with Crippen molar-refractivity contribution >= 4 is 0 Å². The van der Waals surface area contributed by atoms with Gasteiger partial charge >= 0.3 is 5.69 Å². The summed E-state index contributed by atoms with van der Waals surface area (Å²) in [7, 11) is 0. The van der Waals surface area contributed by atoms with E-state index in [1.54, 1.807) is 4.98 Å². The second-order valence-electron chi connectivity index (χ2n) is 3.94. The van der Waals surface area contributed by atoms with E-state index in [0.717, 1.165) is 0 Å². The fourth-order valence-electron chi connectivity index (χ4n) is 1.68. The van der Waals surface area contributed by atoms with Crippen molar-refractivity contribution in [3.05, 3.63) is 32.6 Å². The average Bonchev–Trinajstić information content (AvgIpc) is 2.61. The van der Waals surface area contributed by atoms with Crippen molar-refractivity contribution in [1.82, 2.24) is 9.55 Å². The summed E-state index contributed by atoms with van der Waals surface area (Å²) in [6, 6.07) is 0. The molecule has 4 N–H and O–H groups in total. The molecule has 1 aromatic rings. The Morgan fingerprint density at radius 2 is 2.37 bits per heavy atom. The lowest BCUT2D eigenvalue weighted by Gasteiger charge is -2.19. The van der Waals surface area contributed by atoms with Crippen molar-refractivity contribution in [2.75, 3.05) is 6.56 Å². The molecular weight excluding hydrogens is 263 g/mol. The lowest BCUT2D eigenvalue weighted by molar-refractivity contribution is -0.181. The minimum Gasteiger partial charge on any atom is -0.391 e. The van der Waals surface area contributed by atoms with Crippen LogP contribution in [0.25, 0.3) is 0 Å². The van der Waals surface area contributed by atoms with E-state index in [2.05, 4.69) is 4.74 Å². The van der Waals surface area contributed by atoms with Gasteiger partial charge in [-0.1, -0.05) is 0 Å². The number of rotatable bonds is 3. The van der Waals surface area contributed by atoms with Gasteiger partial charge in [-0.05, 0) is 0 Å². The molecule has 0 amide bonds. The zero-order chi connectivity index (χ0) is 16.9. The smallest absolute Gasteiger partial charge is 0.330 e. The zero-order valence-electron chi connectivity index (χ0n) is 12.5. The summed E-state index contributed by atoms with van der Waals surface area (Å²) in [4.78, 5) is 24.8. The van der Waals surface area contributed by atoms with Crippen LogP contribution in [0.4, 0.5) is 4.39 Å². The van der Waals surface area contributed by atoms with Crippen LogP contribution in [-0.2, 0) is 11.3 Å². The van der Waals surface area contributed by atoms with Crippen LogP contribution in [0.3, 0.4) is 0 Å². The molecule has 2 heterocycles. The number of nitrogens with one attached hydrogen (secondary N) is 1. The molecule has 0 spiro atoms. The minimum absolute atomic E-state index is 0.303. The van der Waals surface area contributed by atoms with Gasteiger partial charge < -0.3 is 20.1 Å². The first kappa shape index (κ1) is 10.3. The van der Waals surface area contributed by atoms with Crippen LogP contribution in [0.5, 0.6) is 0 Å². The normalized spacial score (nSPS) is 37.7. The van der Waals surface area contributed by atoms with Gasteiger partial charge in [-0.25, -0.2) is 9.18 Å². The number of alkyl halides is 1. The van der Waals surface area contributed by atoms with Crippen LogP contribution in [0.2, 0.25) is 0 Å². The van der Waals surface area contributed by atoms with E-state index in [-0.39, 0.29) is 5.56 Å². The van der Waals surface area contributed by atoms with E-state index in [0.29, 0.717) is 10.8 Å². The average molecular weight is 279 g/mol. The van der Waals surface area contributed by atoms with Crippen LogP contribution in [0.1, 0.15) is 22.3 Å². The maximum absolute atomic E-state index is 14.3. The van der Waals surface area contributed by atoms with E-state index >= 15 is 0 Å². The summed E-state index contributed by atoms with van der Waals surface area (Å²) in [5, 5.41) is 27.9. The molecule has 0 saturated carbocycles. The second-order valence-corrected chi connectivity index (χ2v) is 3.94. The molecule has 1 aromatic heterocycles. The highest BCUT2D eigenvalue weighted by molar-refractivity contribution is 5.04. The standard InChI is InChI=1S/C10H13FN2O6/c11-10(4-15)1-6(16)8(19-10)13-2-5(3-14)7(17)12-9(13)18/h2,6,8,14-16H,1,3-4H2,(H,12,17,18)/t6-,8-,10+/m1/s1/i4D2,8D. The molecule has 8 nitrogen and oxygen atoms in total. The van der Waals surface area contributed by atoms with E-state index in [9.17, 15) is 19.1 Å². The maximum atomic E-state index is 14.3. The molecule has 0 bridgehead atoms. The first-order valence-electron chi connectivity index (χ1n) is 6.70. The largest absolute Gasteiger partial charge is 0.391 e. The monoisotopic (exact) mass is 279 g/mol. The molecule has 2 rings (SSSR count). The van der Waals surface area contributed by atoms with Crippen molar-refractivity contribution in [3.8, 4) is 0 Å². The predicted molar refractivity (Wildman–Crippen MR) is 58.9 cm³/mol. The number of aliphatic hydroxyl groups excluding tert-OH is 2. The zero-order valence-corrected chi connectivity index (χ0v) is 9.46. The van der Waals surface area contributed by atoms with Crippen LogP contribution < -0.4 is 11.2 Å². The quantitative estimate of drug-likeness (QED) is 0.505. The summed E-state index contributed by atoms with van der Waals surface area (Å²) in [5.74, 6) is -3.44. The van der Waals surface area contributed by atoms with Crippen LogP contribution in [0.15, 0.2) is 15.8 Å². The Hall–Kier alpha value is -1.55. The molecule has 19 heavy (non-hydrogen) atoms. The van der Waals surface area contributed by atoms with E-state index in [1.807, 2.05) is 0 Å². The number of aromatic nitrogens is 2. The number of H-pyrrole nitrogens is 1. The van der Waals surface area contributed by atoms with Crippen LogP contribution in [0, 0.1) is 0 Å². The number of hydrogen-bond acceptors (Lipinski definition) is 6. The van der Waals surface area contributed by atoms with Crippen molar-refractivity contribution in [2.24, 2.45) is 0 Å². The highest BCUT2D eigenvalue weighted by Crippen LogP contribution is 2.36. The van der Waals surface area contributed by atoms with Gasteiger partial charge in [0.1, 0.15) is 12.7 Å². The highest BCUT2D eigenvalue weighted by Gasteiger charge is 2.47. The molecule has 3 atom stereocenters.